The predicted octanol–water partition coefficient (Wildman–Crippen LogP) is 4.04. The van der Waals surface area contributed by atoms with Crippen molar-refractivity contribution in [3.63, 3.8) is 0 Å². The fourth-order valence-corrected chi connectivity index (χ4v) is 5.24. The standard InChI is InChI=1S/C24H26Cl2N4O4S/c1-2-33-24(32)20-19(14-30-8-10-34-16(13-30)4-3-9-31)28-22(23-27-7-11-35-23)29-21(20)17-6-5-15(25)12-18(17)26/h5-7,9,11-12,16,21H,2-4,8,10,13-14H2,1H3,(H,28,29)/t16-,21?/m1/s1. The molecule has 0 bridgehead atoms. The van der Waals surface area contributed by atoms with Crippen LogP contribution in [0.4, 0.5) is 0 Å². The summed E-state index contributed by atoms with van der Waals surface area (Å²) in [6.07, 6.45) is 3.68. The molecule has 1 fully saturated rings. The number of aromatic nitrogens is 1. The highest BCUT2D eigenvalue weighted by Crippen LogP contribution is 2.37. The van der Waals surface area contributed by atoms with E-state index in [2.05, 4.69) is 15.2 Å². The monoisotopic (exact) mass is 536 g/mol. The van der Waals surface area contributed by atoms with E-state index in [1.807, 2.05) is 5.38 Å². The van der Waals surface area contributed by atoms with Crippen LogP contribution in [0.2, 0.25) is 10.0 Å². The fourth-order valence-electron chi connectivity index (χ4n) is 4.14. The second-order valence-corrected chi connectivity index (χ2v) is 9.83. The number of halogens is 2. The average molecular weight is 537 g/mol. The maximum Gasteiger partial charge on any atom is 0.338 e. The molecule has 1 aromatic carbocycles. The number of aldehydes is 1. The summed E-state index contributed by atoms with van der Waals surface area (Å²) in [5.41, 5.74) is 1.72. The van der Waals surface area contributed by atoms with Gasteiger partial charge in [-0.25, -0.2) is 9.78 Å². The maximum absolute atomic E-state index is 13.3. The van der Waals surface area contributed by atoms with Gasteiger partial charge in [-0.2, -0.15) is 0 Å². The third-order valence-electron chi connectivity index (χ3n) is 5.72. The summed E-state index contributed by atoms with van der Waals surface area (Å²) >= 11 is 14.2. The van der Waals surface area contributed by atoms with Crippen LogP contribution in [-0.2, 0) is 19.1 Å². The highest BCUT2D eigenvalue weighted by Gasteiger charge is 2.35. The van der Waals surface area contributed by atoms with E-state index in [9.17, 15) is 9.59 Å². The number of ether oxygens (including phenoxy) is 2. The number of hydrogen-bond acceptors (Lipinski definition) is 9. The molecule has 4 rings (SSSR count). The first-order valence-electron chi connectivity index (χ1n) is 11.4. The quantitative estimate of drug-likeness (QED) is 0.381. The van der Waals surface area contributed by atoms with Crippen LogP contribution in [0.15, 0.2) is 46.0 Å². The molecule has 2 aromatic rings. The molecule has 1 saturated heterocycles. The molecule has 11 heteroatoms. The van der Waals surface area contributed by atoms with Crippen molar-refractivity contribution in [3.8, 4) is 0 Å². The number of benzene rings is 1. The fraction of sp³-hybridized carbons (Fsp3) is 0.417. The zero-order valence-electron chi connectivity index (χ0n) is 19.2. The highest BCUT2D eigenvalue weighted by molar-refractivity contribution is 7.11. The molecule has 186 valence electrons. The van der Waals surface area contributed by atoms with Crippen molar-refractivity contribution in [2.24, 2.45) is 4.99 Å². The number of esters is 1. The van der Waals surface area contributed by atoms with Gasteiger partial charge in [-0.1, -0.05) is 29.3 Å². The molecular weight excluding hydrogens is 511 g/mol. The van der Waals surface area contributed by atoms with Crippen LogP contribution >= 0.6 is 34.5 Å². The Bertz CT molecular complexity index is 1120. The number of hydrogen-bond donors (Lipinski definition) is 1. The van der Waals surface area contributed by atoms with Crippen LogP contribution in [0.25, 0.3) is 0 Å². The summed E-state index contributed by atoms with van der Waals surface area (Å²) in [4.78, 5) is 35.5. The zero-order chi connectivity index (χ0) is 24.8. The number of morpholine rings is 1. The van der Waals surface area contributed by atoms with Crippen LogP contribution in [0.3, 0.4) is 0 Å². The van der Waals surface area contributed by atoms with Gasteiger partial charge in [-0.05, 0) is 25.5 Å². The first-order valence-corrected chi connectivity index (χ1v) is 13.0. The third-order valence-corrected chi connectivity index (χ3v) is 7.07. The van der Waals surface area contributed by atoms with Gasteiger partial charge in [0.2, 0.25) is 0 Å². The molecule has 2 atom stereocenters. The Kier molecular flexibility index (Phi) is 8.91. The smallest absolute Gasteiger partial charge is 0.338 e. The molecule has 1 aromatic heterocycles. The van der Waals surface area contributed by atoms with Crippen LogP contribution in [-0.4, -0.2) is 66.9 Å². The van der Waals surface area contributed by atoms with Gasteiger partial charge >= 0.3 is 5.97 Å². The van der Waals surface area contributed by atoms with Gasteiger partial charge in [0.15, 0.2) is 10.8 Å². The number of carbonyl (C=O) groups is 2. The van der Waals surface area contributed by atoms with Crippen LogP contribution in [0.1, 0.15) is 36.4 Å². The Morgan fingerprint density at radius 3 is 2.97 bits per heavy atom. The van der Waals surface area contributed by atoms with Gasteiger partial charge in [0, 0.05) is 58.9 Å². The number of nitrogens with one attached hydrogen (secondary N) is 1. The summed E-state index contributed by atoms with van der Waals surface area (Å²) in [7, 11) is 0. The molecule has 1 N–H and O–H groups in total. The Labute approximate surface area is 217 Å². The number of rotatable bonds is 9. The van der Waals surface area contributed by atoms with E-state index >= 15 is 0 Å². The van der Waals surface area contributed by atoms with E-state index in [0.29, 0.717) is 76.8 Å². The summed E-state index contributed by atoms with van der Waals surface area (Å²) in [5.74, 6) is 0.101. The highest BCUT2D eigenvalue weighted by atomic mass is 35.5. The molecule has 0 spiro atoms. The second kappa shape index (κ2) is 12.1. The Hall–Kier alpha value is -2.30. The molecule has 8 nitrogen and oxygen atoms in total. The van der Waals surface area contributed by atoms with Crippen LogP contribution in [0, 0.1) is 0 Å². The largest absolute Gasteiger partial charge is 0.463 e. The molecule has 0 radical (unpaired) electrons. The van der Waals surface area contributed by atoms with E-state index in [-0.39, 0.29) is 12.7 Å². The van der Waals surface area contributed by atoms with E-state index in [0.717, 1.165) is 6.29 Å². The maximum atomic E-state index is 13.3. The molecular formula is C24H26Cl2N4O4S. The van der Waals surface area contributed by atoms with Gasteiger partial charge in [-0.3, -0.25) is 9.89 Å². The van der Waals surface area contributed by atoms with Crippen molar-refractivity contribution >= 4 is 52.6 Å². The summed E-state index contributed by atoms with van der Waals surface area (Å²) < 4.78 is 11.3. The Balaban J connectivity index is 1.74. The zero-order valence-corrected chi connectivity index (χ0v) is 21.5. The summed E-state index contributed by atoms with van der Waals surface area (Å²) in [6, 6.07) is 4.46. The number of amidine groups is 1. The van der Waals surface area contributed by atoms with E-state index in [4.69, 9.17) is 37.7 Å². The molecule has 0 amide bonds. The van der Waals surface area contributed by atoms with Gasteiger partial charge in [0.1, 0.15) is 12.3 Å². The van der Waals surface area contributed by atoms with Crippen molar-refractivity contribution in [1.82, 2.24) is 15.2 Å². The molecule has 0 saturated carbocycles. The minimum absolute atomic E-state index is 0.0437. The molecule has 1 unspecified atom stereocenters. The van der Waals surface area contributed by atoms with E-state index in [1.54, 1.807) is 31.3 Å². The number of carbonyl (C=O) groups excluding carboxylic acids is 2. The van der Waals surface area contributed by atoms with Crippen molar-refractivity contribution in [2.75, 3.05) is 32.8 Å². The number of nitrogens with zero attached hydrogens (tertiary/aromatic N) is 3. The van der Waals surface area contributed by atoms with Crippen molar-refractivity contribution < 1.29 is 19.1 Å². The Morgan fingerprint density at radius 1 is 1.40 bits per heavy atom. The second-order valence-electron chi connectivity index (χ2n) is 8.09. The van der Waals surface area contributed by atoms with Gasteiger partial charge in [0.25, 0.3) is 0 Å². The molecule has 0 aliphatic carbocycles. The lowest BCUT2D eigenvalue weighted by Gasteiger charge is -2.35. The molecule has 3 heterocycles. The third kappa shape index (κ3) is 6.29. The predicted molar refractivity (Wildman–Crippen MR) is 136 cm³/mol. The first kappa shape index (κ1) is 25.8. The first-order chi connectivity index (χ1) is 17.0. The SMILES string of the molecule is CCOC(=O)C1=C(CN2CCO[C@H](CCC=O)C2)NC(c2nccs2)=NC1c1ccc(Cl)cc1Cl. The average Bonchev–Trinajstić information content (AvgIpc) is 3.38. The number of thiazole rings is 1. The normalized spacial score (nSPS) is 20.8. The Morgan fingerprint density at radius 2 is 2.26 bits per heavy atom. The van der Waals surface area contributed by atoms with Gasteiger partial charge in [-0.15, -0.1) is 11.3 Å². The summed E-state index contributed by atoms with van der Waals surface area (Å²) in [6.45, 7) is 4.32. The van der Waals surface area contributed by atoms with Gasteiger partial charge in [0.05, 0.1) is 24.9 Å². The topological polar surface area (TPSA) is 93.1 Å². The van der Waals surface area contributed by atoms with Crippen LogP contribution in [0.5, 0.6) is 0 Å². The molecule has 35 heavy (non-hydrogen) atoms. The van der Waals surface area contributed by atoms with Crippen molar-refractivity contribution in [3.05, 3.63) is 61.7 Å². The minimum atomic E-state index is -0.694. The van der Waals surface area contributed by atoms with E-state index in [1.165, 1.54) is 11.3 Å². The van der Waals surface area contributed by atoms with Crippen LogP contribution < -0.4 is 5.32 Å². The van der Waals surface area contributed by atoms with E-state index < -0.39 is 12.0 Å². The molecule has 2 aliphatic heterocycles. The lowest BCUT2D eigenvalue weighted by Crippen LogP contribution is -2.46. The minimum Gasteiger partial charge on any atom is -0.463 e. The lowest BCUT2D eigenvalue weighted by atomic mass is 9.95. The van der Waals surface area contributed by atoms with Crippen molar-refractivity contribution in [2.45, 2.75) is 31.9 Å². The van der Waals surface area contributed by atoms with Gasteiger partial charge < -0.3 is 19.6 Å². The van der Waals surface area contributed by atoms with Crippen molar-refractivity contribution in [1.29, 1.82) is 0 Å². The summed E-state index contributed by atoms with van der Waals surface area (Å²) in [5, 5.41) is 6.82. The lowest BCUT2D eigenvalue weighted by molar-refractivity contribution is -0.139. The molecule has 2 aliphatic rings. The number of aliphatic imine (C=N–C) groups is 1.